The van der Waals surface area contributed by atoms with Crippen molar-refractivity contribution in [3.05, 3.63) is 18.0 Å². The molecule has 2 aromatic rings. The van der Waals surface area contributed by atoms with Gasteiger partial charge in [-0.1, -0.05) is 25.9 Å². The van der Waals surface area contributed by atoms with E-state index in [1.807, 2.05) is 0 Å². The molecule has 0 amide bonds. The molecule has 0 spiro atoms. The van der Waals surface area contributed by atoms with Gasteiger partial charge in [-0.25, -0.2) is 0 Å². The van der Waals surface area contributed by atoms with Crippen LogP contribution in [-0.4, -0.2) is 40.0 Å². The minimum absolute atomic E-state index is 0.310. The zero-order valence-corrected chi connectivity index (χ0v) is 12.8. The van der Waals surface area contributed by atoms with E-state index >= 15 is 0 Å². The zero-order valence-electron chi connectivity index (χ0n) is 12.8. The Bertz CT molecular complexity index is 553. The maximum Gasteiger partial charge on any atom is 0.233 e. The van der Waals surface area contributed by atoms with Crippen LogP contribution in [0.3, 0.4) is 0 Å². The van der Waals surface area contributed by atoms with Crippen molar-refractivity contribution in [3.63, 3.8) is 0 Å². The summed E-state index contributed by atoms with van der Waals surface area (Å²) in [6, 6.07) is 3.78. The van der Waals surface area contributed by atoms with E-state index < -0.39 is 0 Å². The number of aromatic nitrogens is 4. The molecule has 0 aromatic carbocycles. The van der Waals surface area contributed by atoms with Gasteiger partial charge in [-0.3, -0.25) is 0 Å². The largest absolute Gasteiger partial charge is 0.480 e. The van der Waals surface area contributed by atoms with E-state index in [9.17, 15) is 0 Å². The molecule has 7 nitrogen and oxygen atoms in total. The predicted octanol–water partition coefficient (Wildman–Crippen LogP) is 1.71. The van der Waals surface area contributed by atoms with Crippen LogP contribution in [0.15, 0.2) is 16.7 Å². The quantitative estimate of drug-likeness (QED) is 0.831. The maximum absolute atomic E-state index is 5.30. The second kappa shape index (κ2) is 7.12. The summed E-state index contributed by atoms with van der Waals surface area (Å²) in [7, 11) is 1.54. The van der Waals surface area contributed by atoms with Crippen LogP contribution in [0.25, 0.3) is 11.5 Å². The fraction of sp³-hybridized carbons (Fsp3) is 0.571. The van der Waals surface area contributed by atoms with Gasteiger partial charge < -0.3 is 14.6 Å². The van der Waals surface area contributed by atoms with Gasteiger partial charge in [0.15, 0.2) is 0 Å². The lowest BCUT2D eigenvalue weighted by atomic mass is 10.0. The molecule has 0 aliphatic heterocycles. The van der Waals surface area contributed by atoms with Gasteiger partial charge in [0.2, 0.25) is 17.6 Å². The van der Waals surface area contributed by atoms with Crippen LogP contribution in [-0.2, 0) is 6.42 Å². The average Bonchev–Trinajstić information content (AvgIpc) is 2.95. The highest BCUT2D eigenvalue weighted by Crippen LogP contribution is 2.16. The van der Waals surface area contributed by atoms with Crippen LogP contribution in [0.2, 0.25) is 0 Å². The summed E-state index contributed by atoms with van der Waals surface area (Å²) in [4.78, 5) is 4.38. The standard InChI is InChI=1S/C14H21N5O2/c1-5-15-11(9(2)3)8-13-16-14(19-21-13)10-6-7-12(20-4)18-17-10/h6-7,9,11,15H,5,8H2,1-4H3. The van der Waals surface area contributed by atoms with E-state index in [0.29, 0.717) is 41.7 Å². The molecule has 1 unspecified atom stereocenters. The molecule has 7 heteroatoms. The molecule has 0 fully saturated rings. The summed E-state index contributed by atoms with van der Waals surface area (Å²) in [5.74, 6) is 1.98. The summed E-state index contributed by atoms with van der Waals surface area (Å²) in [5.41, 5.74) is 0.565. The molecular formula is C14H21N5O2. The first-order chi connectivity index (χ1) is 10.1. The lowest BCUT2D eigenvalue weighted by molar-refractivity contribution is 0.329. The van der Waals surface area contributed by atoms with Crippen LogP contribution < -0.4 is 10.1 Å². The third-order valence-electron chi connectivity index (χ3n) is 3.21. The number of likely N-dealkylation sites (N-methyl/N-ethyl adjacent to an activating group) is 1. The maximum atomic E-state index is 5.30. The Morgan fingerprint density at radius 1 is 1.29 bits per heavy atom. The smallest absolute Gasteiger partial charge is 0.233 e. The van der Waals surface area contributed by atoms with Crippen molar-refractivity contribution >= 4 is 0 Å². The molecule has 0 aliphatic rings. The Balaban J connectivity index is 2.09. The Labute approximate surface area is 124 Å². The summed E-state index contributed by atoms with van der Waals surface area (Å²) in [5, 5.41) is 15.3. The van der Waals surface area contributed by atoms with Gasteiger partial charge in [-0.2, -0.15) is 4.98 Å². The fourth-order valence-electron chi connectivity index (χ4n) is 1.98. The normalized spacial score (nSPS) is 12.6. The van der Waals surface area contributed by atoms with E-state index in [-0.39, 0.29) is 0 Å². The Morgan fingerprint density at radius 2 is 2.10 bits per heavy atom. The zero-order chi connectivity index (χ0) is 15.2. The van der Waals surface area contributed by atoms with Crippen molar-refractivity contribution in [1.82, 2.24) is 25.7 Å². The van der Waals surface area contributed by atoms with Crippen molar-refractivity contribution in [1.29, 1.82) is 0 Å². The van der Waals surface area contributed by atoms with Crippen LogP contribution in [0, 0.1) is 5.92 Å². The summed E-state index contributed by atoms with van der Waals surface area (Å²) in [6.07, 6.45) is 0.697. The molecule has 1 atom stereocenters. The van der Waals surface area contributed by atoms with Gasteiger partial charge in [0.1, 0.15) is 5.69 Å². The molecule has 21 heavy (non-hydrogen) atoms. The minimum atomic E-state index is 0.310. The molecule has 2 rings (SSSR count). The van der Waals surface area contributed by atoms with Crippen molar-refractivity contribution in [2.24, 2.45) is 5.92 Å². The number of methoxy groups -OCH3 is 1. The number of hydrogen-bond donors (Lipinski definition) is 1. The highest BCUT2D eigenvalue weighted by atomic mass is 16.5. The molecule has 0 bridgehead atoms. The van der Waals surface area contributed by atoms with Crippen LogP contribution in [0.5, 0.6) is 5.88 Å². The highest BCUT2D eigenvalue weighted by molar-refractivity contribution is 5.47. The molecule has 0 aliphatic carbocycles. The SMILES string of the molecule is CCNC(Cc1nc(-c2ccc(OC)nn2)no1)C(C)C. The molecule has 0 saturated heterocycles. The summed E-state index contributed by atoms with van der Waals surface area (Å²) >= 11 is 0. The number of ether oxygens (including phenoxy) is 1. The second-order valence-electron chi connectivity index (χ2n) is 5.08. The topological polar surface area (TPSA) is 86.0 Å². The minimum Gasteiger partial charge on any atom is -0.480 e. The molecule has 114 valence electrons. The highest BCUT2D eigenvalue weighted by Gasteiger charge is 2.18. The first kappa shape index (κ1) is 15.4. The monoisotopic (exact) mass is 291 g/mol. The number of nitrogens with zero attached hydrogens (tertiary/aromatic N) is 4. The summed E-state index contributed by atoms with van der Waals surface area (Å²) in [6.45, 7) is 7.33. The first-order valence-electron chi connectivity index (χ1n) is 7.08. The van der Waals surface area contributed by atoms with Gasteiger partial charge >= 0.3 is 0 Å². The molecule has 1 N–H and O–H groups in total. The molecule has 2 aromatic heterocycles. The van der Waals surface area contributed by atoms with Crippen molar-refractivity contribution in [3.8, 4) is 17.4 Å². The van der Waals surface area contributed by atoms with E-state index in [1.54, 1.807) is 19.2 Å². The number of nitrogens with one attached hydrogen (secondary N) is 1. The summed E-state index contributed by atoms with van der Waals surface area (Å²) < 4.78 is 10.3. The van der Waals surface area contributed by atoms with Gasteiger partial charge in [0, 0.05) is 18.5 Å². The van der Waals surface area contributed by atoms with Crippen molar-refractivity contribution in [2.45, 2.75) is 33.2 Å². The fourth-order valence-corrected chi connectivity index (χ4v) is 1.98. The lowest BCUT2D eigenvalue weighted by Gasteiger charge is -2.19. The number of hydrogen-bond acceptors (Lipinski definition) is 7. The van der Waals surface area contributed by atoms with Crippen LogP contribution >= 0.6 is 0 Å². The van der Waals surface area contributed by atoms with Crippen molar-refractivity contribution < 1.29 is 9.26 Å². The van der Waals surface area contributed by atoms with Crippen LogP contribution in [0.4, 0.5) is 0 Å². The van der Waals surface area contributed by atoms with E-state index in [0.717, 1.165) is 6.54 Å². The second-order valence-corrected chi connectivity index (χ2v) is 5.08. The lowest BCUT2D eigenvalue weighted by Crippen LogP contribution is -2.35. The predicted molar refractivity (Wildman–Crippen MR) is 77.9 cm³/mol. The molecular weight excluding hydrogens is 270 g/mol. The Kier molecular flexibility index (Phi) is 5.21. The van der Waals surface area contributed by atoms with E-state index in [1.165, 1.54) is 0 Å². The molecule has 0 saturated carbocycles. The van der Waals surface area contributed by atoms with Gasteiger partial charge in [0.25, 0.3) is 0 Å². The van der Waals surface area contributed by atoms with E-state index in [2.05, 4.69) is 46.4 Å². The third kappa shape index (κ3) is 3.98. The van der Waals surface area contributed by atoms with Gasteiger partial charge in [-0.05, 0) is 18.5 Å². The van der Waals surface area contributed by atoms with Gasteiger partial charge in [0.05, 0.1) is 7.11 Å². The molecule has 0 radical (unpaired) electrons. The van der Waals surface area contributed by atoms with Gasteiger partial charge in [-0.15, -0.1) is 10.2 Å². The Hall–Kier alpha value is -2.02. The Morgan fingerprint density at radius 3 is 2.67 bits per heavy atom. The first-order valence-corrected chi connectivity index (χ1v) is 7.08. The molecule has 2 heterocycles. The number of rotatable bonds is 7. The van der Waals surface area contributed by atoms with Crippen LogP contribution in [0.1, 0.15) is 26.7 Å². The third-order valence-corrected chi connectivity index (χ3v) is 3.21. The average molecular weight is 291 g/mol. The van der Waals surface area contributed by atoms with Crippen molar-refractivity contribution in [2.75, 3.05) is 13.7 Å². The van der Waals surface area contributed by atoms with E-state index in [4.69, 9.17) is 9.26 Å².